The molecule has 0 aromatic carbocycles. The standard InChI is InChI=1S/C59H108O6/c1-4-7-10-13-16-19-22-25-27-29-30-32-34-37-40-43-46-49-52-58(61)64-55-56(54-63-57(60)51-48-45-42-39-36-33-24-21-18-15-12-9-6-3)65-59(62)53-50-47-44-41-38-35-31-28-26-23-20-17-14-11-8-5-2/h28,31,33,36,42,45,56H,4-27,29-30,32,34-35,37-41,43-44,46-55H2,1-3H3/b31-28-,36-33-,45-42-. The van der Waals surface area contributed by atoms with E-state index in [4.69, 9.17) is 14.2 Å². The molecular formula is C59H108O6. The highest BCUT2D eigenvalue weighted by molar-refractivity contribution is 5.71. The van der Waals surface area contributed by atoms with Crippen LogP contribution in [0.3, 0.4) is 0 Å². The molecule has 0 saturated heterocycles. The molecule has 0 N–H and O–H groups in total. The van der Waals surface area contributed by atoms with E-state index < -0.39 is 6.10 Å². The smallest absolute Gasteiger partial charge is 0.306 e. The largest absolute Gasteiger partial charge is 0.462 e. The van der Waals surface area contributed by atoms with E-state index in [-0.39, 0.29) is 37.5 Å². The van der Waals surface area contributed by atoms with Crippen LogP contribution >= 0.6 is 0 Å². The van der Waals surface area contributed by atoms with Crippen molar-refractivity contribution in [1.29, 1.82) is 0 Å². The molecule has 0 saturated carbocycles. The first kappa shape index (κ1) is 62.6. The number of carbonyl (C=O) groups excluding carboxylic acids is 3. The van der Waals surface area contributed by atoms with Crippen molar-refractivity contribution in [3.8, 4) is 0 Å². The lowest BCUT2D eigenvalue weighted by molar-refractivity contribution is -0.166. The number of unbranched alkanes of at least 4 members (excludes halogenated alkanes) is 35. The Morgan fingerprint density at radius 1 is 0.308 bits per heavy atom. The van der Waals surface area contributed by atoms with Gasteiger partial charge < -0.3 is 14.2 Å². The molecule has 1 atom stereocenters. The summed E-state index contributed by atoms with van der Waals surface area (Å²) in [5.74, 6) is -0.953. The fourth-order valence-electron chi connectivity index (χ4n) is 8.32. The molecule has 0 aromatic rings. The molecule has 0 amide bonds. The van der Waals surface area contributed by atoms with Gasteiger partial charge in [-0.05, 0) is 64.2 Å². The maximum Gasteiger partial charge on any atom is 0.306 e. The van der Waals surface area contributed by atoms with Crippen molar-refractivity contribution in [2.24, 2.45) is 0 Å². The third-order valence-electron chi connectivity index (χ3n) is 12.6. The third-order valence-corrected chi connectivity index (χ3v) is 12.6. The first-order chi connectivity index (χ1) is 32.0. The normalized spacial score (nSPS) is 12.2. The third kappa shape index (κ3) is 52.5. The highest BCUT2D eigenvalue weighted by Gasteiger charge is 2.19. The van der Waals surface area contributed by atoms with Crippen LogP contribution in [0.5, 0.6) is 0 Å². The minimum Gasteiger partial charge on any atom is -0.462 e. The molecule has 0 aliphatic heterocycles. The van der Waals surface area contributed by atoms with Gasteiger partial charge in [0.05, 0.1) is 0 Å². The predicted molar refractivity (Wildman–Crippen MR) is 279 cm³/mol. The zero-order valence-electron chi connectivity index (χ0n) is 43.5. The quantitative estimate of drug-likeness (QED) is 0.0262. The molecule has 65 heavy (non-hydrogen) atoms. The van der Waals surface area contributed by atoms with Crippen LogP contribution in [0.15, 0.2) is 36.5 Å². The fourth-order valence-corrected chi connectivity index (χ4v) is 8.32. The van der Waals surface area contributed by atoms with Crippen LogP contribution in [0.1, 0.15) is 303 Å². The summed E-state index contributed by atoms with van der Waals surface area (Å²) in [6, 6.07) is 0. The number of rotatable bonds is 52. The number of allylic oxidation sites excluding steroid dienone is 6. The molecular weight excluding hydrogens is 805 g/mol. The monoisotopic (exact) mass is 913 g/mol. The van der Waals surface area contributed by atoms with Crippen LogP contribution < -0.4 is 0 Å². The van der Waals surface area contributed by atoms with E-state index in [0.29, 0.717) is 19.3 Å². The Bertz CT molecular complexity index is 1090. The van der Waals surface area contributed by atoms with Crippen molar-refractivity contribution in [1.82, 2.24) is 0 Å². The summed E-state index contributed by atoms with van der Waals surface area (Å²) in [7, 11) is 0. The first-order valence-electron chi connectivity index (χ1n) is 28.5. The van der Waals surface area contributed by atoms with Crippen molar-refractivity contribution in [3.63, 3.8) is 0 Å². The number of esters is 3. The number of carbonyl (C=O) groups is 3. The number of hydrogen-bond donors (Lipinski definition) is 0. The zero-order valence-corrected chi connectivity index (χ0v) is 43.5. The van der Waals surface area contributed by atoms with Crippen molar-refractivity contribution in [2.45, 2.75) is 309 Å². The van der Waals surface area contributed by atoms with Gasteiger partial charge in [-0.3, -0.25) is 14.4 Å². The zero-order chi connectivity index (χ0) is 47.2. The maximum atomic E-state index is 12.8. The van der Waals surface area contributed by atoms with Gasteiger partial charge in [-0.25, -0.2) is 0 Å². The highest BCUT2D eigenvalue weighted by atomic mass is 16.6. The molecule has 0 aliphatic rings. The summed E-state index contributed by atoms with van der Waals surface area (Å²) < 4.78 is 16.8. The fraction of sp³-hybridized carbons (Fsp3) is 0.847. The molecule has 0 bridgehead atoms. The molecule has 0 heterocycles. The van der Waals surface area contributed by atoms with Gasteiger partial charge in [0.25, 0.3) is 0 Å². The Balaban J connectivity index is 4.38. The van der Waals surface area contributed by atoms with Gasteiger partial charge in [-0.1, -0.05) is 256 Å². The molecule has 6 heteroatoms. The van der Waals surface area contributed by atoms with Crippen molar-refractivity contribution in [2.75, 3.05) is 13.2 Å². The predicted octanol–water partition coefficient (Wildman–Crippen LogP) is 18.9. The average molecular weight is 914 g/mol. The van der Waals surface area contributed by atoms with Crippen molar-refractivity contribution < 1.29 is 28.6 Å². The van der Waals surface area contributed by atoms with Gasteiger partial charge in [0.15, 0.2) is 6.10 Å². The summed E-state index contributed by atoms with van der Waals surface area (Å²) in [6.45, 7) is 6.61. The van der Waals surface area contributed by atoms with Crippen LogP contribution in [0.2, 0.25) is 0 Å². The minimum absolute atomic E-state index is 0.0889. The van der Waals surface area contributed by atoms with Gasteiger partial charge >= 0.3 is 17.9 Å². The second kappa shape index (κ2) is 54.2. The summed E-state index contributed by atoms with van der Waals surface area (Å²) >= 11 is 0. The van der Waals surface area contributed by atoms with E-state index in [9.17, 15) is 14.4 Å². The minimum atomic E-state index is -0.795. The molecule has 0 rings (SSSR count). The lowest BCUT2D eigenvalue weighted by atomic mass is 10.0. The lowest BCUT2D eigenvalue weighted by Gasteiger charge is -2.18. The second-order valence-electron chi connectivity index (χ2n) is 19.2. The average Bonchev–Trinajstić information content (AvgIpc) is 3.30. The Kier molecular flexibility index (Phi) is 52.3. The summed E-state index contributed by atoms with van der Waals surface area (Å²) in [5.41, 5.74) is 0. The maximum absolute atomic E-state index is 12.8. The van der Waals surface area contributed by atoms with E-state index in [1.807, 2.05) is 6.08 Å². The molecule has 0 aliphatic carbocycles. The van der Waals surface area contributed by atoms with E-state index in [1.165, 1.54) is 193 Å². The van der Waals surface area contributed by atoms with Crippen LogP contribution in [-0.2, 0) is 28.6 Å². The van der Waals surface area contributed by atoms with Gasteiger partial charge in [-0.15, -0.1) is 0 Å². The van der Waals surface area contributed by atoms with Crippen LogP contribution in [0.25, 0.3) is 0 Å². The summed E-state index contributed by atoms with van der Waals surface area (Å²) in [4.78, 5) is 38.0. The second-order valence-corrected chi connectivity index (χ2v) is 19.2. The van der Waals surface area contributed by atoms with E-state index in [2.05, 4.69) is 51.2 Å². The number of ether oxygens (including phenoxy) is 3. The van der Waals surface area contributed by atoms with E-state index >= 15 is 0 Å². The Morgan fingerprint density at radius 3 is 0.954 bits per heavy atom. The van der Waals surface area contributed by atoms with Gasteiger partial charge in [0, 0.05) is 19.3 Å². The molecule has 0 aromatic heterocycles. The van der Waals surface area contributed by atoms with Gasteiger partial charge in [0.2, 0.25) is 0 Å². The lowest BCUT2D eigenvalue weighted by Crippen LogP contribution is -2.30. The number of hydrogen-bond acceptors (Lipinski definition) is 6. The van der Waals surface area contributed by atoms with E-state index in [0.717, 1.165) is 64.2 Å². The van der Waals surface area contributed by atoms with Gasteiger partial charge in [-0.2, -0.15) is 0 Å². The summed E-state index contributed by atoms with van der Waals surface area (Å²) in [5, 5.41) is 0. The van der Waals surface area contributed by atoms with Crippen molar-refractivity contribution in [3.05, 3.63) is 36.5 Å². The molecule has 0 spiro atoms. The van der Waals surface area contributed by atoms with Crippen LogP contribution in [-0.4, -0.2) is 37.2 Å². The highest BCUT2D eigenvalue weighted by Crippen LogP contribution is 2.16. The topological polar surface area (TPSA) is 78.9 Å². The van der Waals surface area contributed by atoms with Crippen LogP contribution in [0, 0.1) is 0 Å². The SMILES string of the molecule is CCCCCCCC/C=C\C/C=C\CCC(=O)OCC(COC(=O)CCCCCCCCCCCCCCCCCCCC)OC(=O)CCCCCCC/C=C\CCCCCCCCC. The summed E-state index contributed by atoms with van der Waals surface area (Å²) in [6.07, 6.45) is 64.3. The molecule has 380 valence electrons. The Labute approximate surface area is 404 Å². The molecule has 6 nitrogen and oxygen atoms in total. The first-order valence-corrected chi connectivity index (χ1v) is 28.5. The molecule has 0 radical (unpaired) electrons. The van der Waals surface area contributed by atoms with E-state index in [1.54, 1.807) is 0 Å². The van der Waals surface area contributed by atoms with Crippen molar-refractivity contribution >= 4 is 17.9 Å². The van der Waals surface area contributed by atoms with Gasteiger partial charge in [0.1, 0.15) is 13.2 Å². The molecule has 0 fully saturated rings. The van der Waals surface area contributed by atoms with Crippen LogP contribution in [0.4, 0.5) is 0 Å². The Morgan fingerprint density at radius 2 is 0.585 bits per heavy atom. The molecule has 1 unspecified atom stereocenters. The Hall–Kier alpha value is -2.37.